The minimum atomic E-state index is -0.164. The van der Waals surface area contributed by atoms with Gasteiger partial charge in [-0.25, -0.2) is 0 Å². The van der Waals surface area contributed by atoms with Gasteiger partial charge in [-0.15, -0.1) is 0 Å². The number of nitriles is 1. The third-order valence-electron chi connectivity index (χ3n) is 4.68. The van der Waals surface area contributed by atoms with E-state index < -0.39 is 0 Å². The zero-order valence-electron chi connectivity index (χ0n) is 15.7. The first-order valence-corrected chi connectivity index (χ1v) is 9.17. The second kappa shape index (κ2) is 8.87. The SMILES string of the molecule is CC(=O)N(CCC(=O)Nc1ccc(C#N)cc1)CCc1c[nH]c2ccccc12. The van der Waals surface area contributed by atoms with E-state index >= 15 is 0 Å². The molecule has 142 valence electrons. The number of carbonyl (C=O) groups is 2. The number of amides is 2. The molecule has 28 heavy (non-hydrogen) atoms. The number of aromatic nitrogens is 1. The Hall–Kier alpha value is -3.59. The third kappa shape index (κ3) is 4.77. The van der Waals surface area contributed by atoms with Crippen LogP contribution in [0.25, 0.3) is 10.9 Å². The highest BCUT2D eigenvalue weighted by atomic mass is 16.2. The summed E-state index contributed by atoms with van der Waals surface area (Å²) < 4.78 is 0. The molecule has 0 fully saturated rings. The zero-order chi connectivity index (χ0) is 19.9. The molecular weight excluding hydrogens is 352 g/mol. The molecule has 0 spiro atoms. The van der Waals surface area contributed by atoms with E-state index in [4.69, 9.17) is 5.26 Å². The average Bonchev–Trinajstić information content (AvgIpc) is 3.11. The maximum Gasteiger partial charge on any atom is 0.226 e. The van der Waals surface area contributed by atoms with Crippen molar-refractivity contribution < 1.29 is 9.59 Å². The Morgan fingerprint density at radius 3 is 2.57 bits per heavy atom. The summed E-state index contributed by atoms with van der Waals surface area (Å²) in [7, 11) is 0. The van der Waals surface area contributed by atoms with Gasteiger partial charge < -0.3 is 15.2 Å². The molecule has 3 rings (SSSR count). The van der Waals surface area contributed by atoms with Gasteiger partial charge in [-0.1, -0.05) is 18.2 Å². The van der Waals surface area contributed by atoms with Crippen LogP contribution >= 0.6 is 0 Å². The summed E-state index contributed by atoms with van der Waals surface area (Å²) in [4.78, 5) is 29.1. The van der Waals surface area contributed by atoms with Crippen LogP contribution in [-0.2, 0) is 16.0 Å². The molecule has 1 heterocycles. The first kappa shape index (κ1) is 19.2. The van der Waals surface area contributed by atoms with Crippen LogP contribution in [0.15, 0.2) is 54.7 Å². The van der Waals surface area contributed by atoms with Crippen molar-refractivity contribution >= 4 is 28.4 Å². The topological polar surface area (TPSA) is 89.0 Å². The molecule has 2 amide bonds. The van der Waals surface area contributed by atoms with Crippen LogP contribution < -0.4 is 5.32 Å². The van der Waals surface area contributed by atoms with Crippen LogP contribution in [0, 0.1) is 11.3 Å². The highest BCUT2D eigenvalue weighted by Crippen LogP contribution is 2.18. The molecule has 0 saturated carbocycles. The van der Waals surface area contributed by atoms with Crippen LogP contribution in [0.1, 0.15) is 24.5 Å². The first-order valence-electron chi connectivity index (χ1n) is 9.17. The maximum absolute atomic E-state index is 12.2. The molecule has 0 radical (unpaired) electrons. The van der Waals surface area contributed by atoms with Gasteiger partial charge in [-0.2, -0.15) is 5.26 Å². The van der Waals surface area contributed by atoms with E-state index in [1.807, 2.05) is 30.5 Å². The summed E-state index contributed by atoms with van der Waals surface area (Å²) >= 11 is 0. The predicted molar refractivity (Wildman–Crippen MR) is 109 cm³/mol. The number of hydrogen-bond acceptors (Lipinski definition) is 3. The Balaban J connectivity index is 1.53. The fourth-order valence-electron chi connectivity index (χ4n) is 3.11. The monoisotopic (exact) mass is 374 g/mol. The second-order valence-electron chi connectivity index (χ2n) is 6.60. The average molecular weight is 374 g/mol. The highest BCUT2D eigenvalue weighted by Gasteiger charge is 2.13. The largest absolute Gasteiger partial charge is 0.361 e. The number of aromatic amines is 1. The van der Waals surface area contributed by atoms with Gasteiger partial charge in [-0.05, 0) is 42.3 Å². The molecule has 0 aliphatic rings. The van der Waals surface area contributed by atoms with Crippen LogP contribution in [-0.4, -0.2) is 34.8 Å². The summed E-state index contributed by atoms with van der Waals surface area (Å²) in [6.45, 7) is 2.44. The molecule has 0 aliphatic heterocycles. The number of anilines is 1. The number of nitrogens with one attached hydrogen (secondary N) is 2. The number of benzene rings is 2. The number of rotatable bonds is 7. The number of H-pyrrole nitrogens is 1. The lowest BCUT2D eigenvalue weighted by Gasteiger charge is -2.20. The Kier molecular flexibility index (Phi) is 6.07. The molecule has 2 aromatic carbocycles. The van der Waals surface area contributed by atoms with Crippen molar-refractivity contribution in [3.8, 4) is 6.07 Å². The molecule has 6 heteroatoms. The molecule has 0 unspecified atom stereocenters. The number of nitrogens with zero attached hydrogens (tertiary/aromatic N) is 2. The van der Waals surface area contributed by atoms with Crippen molar-refractivity contribution in [3.05, 3.63) is 65.9 Å². The molecule has 6 nitrogen and oxygen atoms in total. The van der Waals surface area contributed by atoms with Gasteiger partial charge >= 0.3 is 0 Å². The molecular formula is C22H22N4O2. The third-order valence-corrected chi connectivity index (χ3v) is 4.68. The summed E-state index contributed by atoms with van der Waals surface area (Å²) in [5.74, 6) is -0.214. The lowest BCUT2D eigenvalue weighted by molar-refractivity contribution is -0.129. The van der Waals surface area contributed by atoms with Crippen LogP contribution in [0.5, 0.6) is 0 Å². The fraction of sp³-hybridized carbons (Fsp3) is 0.227. The van der Waals surface area contributed by atoms with Crippen molar-refractivity contribution in [2.45, 2.75) is 19.8 Å². The molecule has 3 aromatic rings. The van der Waals surface area contributed by atoms with Crippen molar-refractivity contribution in [2.75, 3.05) is 18.4 Å². The number of carbonyl (C=O) groups excluding carboxylic acids is 2. The number of hydrogen-bond donors (Lipinski definition) is 2. The van der Waals surface area contributed by atoms with E-state index in [-0.39, 0.29) is 18.2 Å². The van der Waals surface area contributed by atoms with Crippen LogP contribution in [0.2, 0.25) is 0 Å². The van der Waals surface area contributed by atoms with E-state index in [1.54, 1.807) is 29.2 Å². The zero-order valence-corrected chi connectivity index (χ0v) is 15.7. The first-order chi connectivity index (χ1) is 13.6. The fourth-order valence-corrected chi connectivity index (χ4v) is 3.11. The molecule has 0 bridgehead atoms. The molecule has 0 aliphatic carbocycles. The van der Waals surface area contributed by atoms with E-state index in [9.17, 15) is 9.59 Å². The summed E-state index contributed by atoms with van der Waals surface area (Å²) in [5, 5.41) is 12.8. The van der Waals surface area contributed by atoms with Crippen LogP contribution in [0.3, 0.4) is 0 Å². The van der Waals surface area contributed by atoms with Gasteiger partial charge in [0.25, 0.3) is 0 Å². The lowest BCUT2D eigenvalue weighted by Crippen LogP contribution is -2.33. The van der Waals surface area contributed by atoms with Crippen molar-refractivity contribution in [1.82, 2.24) is 9.88 Å². The summed E-state index contributed by atoms with van der Waals surface area (Å²) in [6.07, 6.45) is 2.91. The van der Waals surface area contributed by atoms with Crippen molar-refractivity contribution in [3.63, 3.8) is 0 Å². The minimum Gasteiger partial charge on any atom is -0.361 e. The van der Waals surface area contributed by atoms with E-state index in [2.05, 4.69) is 16.4 Å². The van der Waals surface area contributed by atoms with Gasteiger partial charge in [0.2, 0.25) is 11.8 Å². The van der Waals surface area contributed by atoms with Crippen molar-refractivity contribution in [1.29, 1.82) is 5.26 Å². The number of para-hydroxylation sites is 1. The molecule has 0 saturated heterocycles. The Morgan fingerprint density at radius 2 is 1.86 bits per heavy atom. The minimum absolute atomic E-state index is 0.0500. The quantitative estimate of drug-likeness (QED) is 0.664. The van der Waals surface area contributed by atoms with Crippen molar-refractivity contribution in [2.24, 2.45) is 0 Å². The smallest absolute Gasteiger partial charge is 0.226 e. The standard InChI is InChI=1S/C22H22N4O2/c1-16(27)26(12-10-18-15-24-21-5-3-2-4-20(18)21)13-11-22(28)25-19-8-6-17(14-23)7-9-19/h2-9,15,24H,10-13H2,1H3,(H,25,28). The Bertz CT molecular complexity index is 1010. The van der Waals surface area contributed by atoms with Gasteiger partial charge in [0.15, 0.2) is 0 Å². The summed E-state index contributed by atoms with van der Waals surface area (Å²) in [6, 6.07) is 16.8. The van der Waals surface area contributed by atoms with E-state index in [0.29, 0.717) is 24.3 Å². The second-order valence-corrected chi connectivity index (χ2v) is 6.60. The van der Waals surface area contributed by atoms with Gasteiger partial charge in [-0.3, -0.25) is 9.59 Å². The molecule has 2 N–H and O–H groups in total. The lowest BCUT2D eigenvalue weighted by atomic mass is 10.1. The highest BCUT2D eigenvalue weighted by molar-refractivity contribution is 5.91. The van der Waals surface area contributed by atoms with Crippen LogP contribution in [0.4, 0.5) is 5.69 Å². The maximum atomic E-state index is 12.2. The van der Waals surface area contributed by atoms with Gasteiger partial charge in [0, 0.05) is 49.2 Å². The normalized spacial score (nSPS) is 10.4. The Morgan fingerprint density at radius 1 is 1.11 bits per heavy atom. The Labute approximate surface area is 163 Å². The van der Waals surface area contributed by atoms with Gasteiger partial charge in [0.05, 0.1) is 11.6 Å². The van der Waals surface area contributed by atoms with E-state index in [1.165, 1.54) is 6.92 Å². The predicted octanol–water partition coefficient (Wildman–Crippen LogP) is 3.46. The number of fused-ring (bicyclic) bond motifs is 1. The van der Waals surface area contributed by atoms with E-state index in [0.717, 1.165) is 22.9 Å². The molecule has 1 aromatic heterocycles. The summed E-state index contributed by atoms with van der Waals surface area (Å²) in [5.41, 5.74) is 3.41. The van der Waals surface area contributed by atoms with Gasteiger partial charge in [0.1, 0.15) is 0 Å². The molecule has 0 atom stereocenters.